The average Bonchev–Trinajstić information content (AvgIpc) is 2.95. The minimum atomic E-state index is 0.156. The van der Waals surface area contributed by atoms with Crippen LogP contribution in [0.15, 0.2) is 0 Å². The van der Waals surface area contributed by atoms with Gasteiger partial charge in [0.15, 0.2) is 0 Å². The summed E-state index contributed by atoms with van der Waals surface area (Å²) in [7, 11) is 0. The second-order valence-corrected chi connectivity index (χ2v) is 9.09. The summed E-state index contributed by atoms with van der Waals surface area (Å²) in [4.78, 5) is 17.1. The van der Waals surface area contributed by atoms with E-state index < -0.39 is 0 Å². The number of likely N-dealkylation sites (tertiary alicyclic amines) is 2. The molecule has 1 amide bonds. The number of carbonyl (C=O) groups excluding carboxylic acids is 1. The van der Waals surface area contributed by atoms with Crippen LogP contribution in [0, 0.1) is 23.2 Å². The molecule has 1 aliphatic carbocycles. The smallest absolute Gasteiger partial charge is 0.225 e. The standard InChI is InChI=1S/C20H36N2O/c1-16(2)19(23)22-13-10-20(15-22)8-4-18(5-9-20)14-21-11-6-17(3)7-12-21/h16-18H,4-15H2,1-3H3. The molecule has 0 aromatic carbocycles. The molecule has 23 heavy (non-hydrogen) atoms. The Kier molecular flexibility index (Phi) is 5.35. The zero-order valence-corrected chi connectivity index (χ0v) is 15.5. The van der Waals surface area contributed by atoms with Crippen molar-refractivity contribution in [3.8, 4) is 0 Å². The van der Waals surface area contributed by atoms with Gasteiger partial charge in [-0.1, -0.05) is 20.8 Å². The Labute approximate surface area is 142 Å². The predicted octanol–water partition coefficient (Wildman–Crippen LogP) is 3.78. The second-order valence-electron chi connectivity index (χ2n) is 9.09. The van der Waals surface area contributed by atoms with Crippen molar-refractivity contribution in [3.63, 3.8) is 0 Å². The second kappa shape index (κ2) is 7.13. The summed E-state index contributed by atoms with van der Waals surface area (Å²) in [6.07, 6.45) is 9.50. The molecular weight excluding hydrogens is 284 g/mol. The Morgan fingerprint density at radius 2 is 1.70 bits per heavy atom. The van der Waals surface area contributed by atoms with Gasteiger partial charge in [0.05, 0.1) is 0 Å². The van der Waals surface area contributed by atoms with Gasteiger partial charge in [0, 0.05) is 25.6 Å². The summed E-state index contributed by atoms with van der Waals surface area (Å²) in [6.45, 7) is 12.5. The van der Waals surface area contributed by atoms with E-state index in [0.29, 0.717) is 11.3 Å². The van der Waals surface area contributed by atoms with Crippen LogP contribution in [0.2, 0.25) is 0 Å². The third-order valence-corrected chi connectivity index (χ3v) is 6.80. The molecule has 3 heteroatoms. The third-order valence-electron chi connectivity index (χ3n) is 6.80. The molecule has 2 heterocycles. The molecule has 2 aliphatic heterocycles. The fourth-order valence-electron chi connectivity index (χ4n) is 4.98. The zero-order chi connectivity index (χ0) is 16.4. The molecular formula is C20H36N2O. The number of carbonyl (C=O) groups is 1. The first kappa shape index (κ1) is 17.3. The van der Waals surface area contributed by atoms with Crippen LogP contribution in [0.3, 0.4) is 0 Å². The van der Waals surface area contributed by atoms with Crippen molar-refractivity contribution < 1.29 is 4.79 Å². The first-order chi connectivity index (χ1) is 11.0. The molecule has 0 bridgehead atoms. The number of hydrogen-bond acceptors (Lipinski definition) is 2. The van der Waals surface area contributed by atoms with Gasteiger partial charge in [0.25, 0.3) is 0 Å². The van der Waals surface area contributed by atoms with Gasteiger partial charge in [-0.25, -0.2) is 0 Å². The summed E-state index contributed by atoms with van der Waals surface area (Å²) in [5.41, 5.74) is 0.470. The van der Waals surface area contributed by atoms with Crippen molar-refractivity contribution in [1.82, 2.24) is 9.80 Å². The van der Waals surface area contributed by atoms with E-state index in [0.717, 1.165) is 24.9 Å². The van der Waals surface area contributed by atoms with E-state index in [-0.39, 0.29) is 5.92 Å². The number of piperidine rings is 1. The van der Waals surface area contributed by atoms with Gasteiger partial charge < -0.3 is 9.80 Å². The van der Waals surface area contributed by atoms with Crippen molar-refractivity contribution in [2.75, 3.05) is 32.7 Å². The van der Waals surface area contributed by atoms with E-state index in [9.17, 15) is 4.79 Å². The molecule has 1 spiro atoms. The molecule has 0 aromatic heterocycles. The highest BCUT2D eigenvalue weighted by atomic mass is 16.2. The molecule has 2 saturated heterocycles. The highest BCUT2D eigenvalue weighted by Gasteiger charge is 2.42. The first-order valence-corrected chi connectivity index (χ1v) is 9.99. The van der Waals surface area contributed by atoms with Crippen LogP contribution < -0.4 is 0 Å². The number of nitrogens with zero attached hydrogens (tertiary/aromatic N) is 2. The van der Waals surface area contributed by atoms with Crippen LogP contribution in [-0.4, -0.2) is 48.4 Å². The predicted molar refractivity (Wildman–Crippen MR) is 95.3 cm³/mol. The number of amides is 1. The van der Waals surface area contributed by atoms with Crippen LogP contribution in [0.4, 0.5) is 0 Å². The number of hydrogen-bond donors (Lipinski definition) is 0. The minimum Gasteiger partial charge on any atom is -0.342 e. The molecule has 0 aromatic rings. The van der Waals surface area contributed by atoms with Gasteiger partial charge in [-0.15, -0.1) is 0 Å². The topological polar surface area (TPSA) is 23.6 Å². The van der Waals surface area contributed by atoms with E-state index in [1.807, 2.05) is 13.8 Å². The van der Waals surface area contributed by atoms with Crippen LogP contribution >= 0.6 is 0 Å². The summed E-state index contributed by atoms with van der Waals surface area (Å²) >= 11 is 0. The van der Waals surface area contributed by atoms with Crippen LogP contribution in [0.1, 0.15) is 65.7 Å². The summed E-state index contributed by atoms with van der Waals surface area (Å²) < 4.78 is 0. The van der Waals surface area contributed by atoms with Crippen LogP contribution in [-0.2, 0) is 4.79 Å². The monoisotopic (exact) mass is 320 g/mol. The van der Waals surface area contributed by atoms with Gasteiger partial charge in [-0.2, -0.15) is 0 Å². The molecule has 0 unspecified atom stereocenters. The summed E-state index contributed by atoms with van der Waals surface area (Å²) in [5, 5.41) is 0. The Bertz CT molecular complexity index is 404. The Balaban J connectivity index is 1.44. The zero-order valence-electron chi connectivity index (χ0n) is 15.5. The first-order valence-electron chi connectivity index (χ1n) is 9.99. The normalized spacial score (nSPS) is 33.7. The van der Waals surface area contributed by atoms with E-state index in [1.54, 1.807) is 0 Å². The van der Waals surface area contributed by atoms with E-state index in [1.165, 1.54) is 64.6 Å². The van der Waals surface area contributed by atoms with E-state index in [2.05, 4.69) is 16.7 Å². The highest BCUT2D eigenvalue weighted by molar-refractivity contribution is 5.78. The summed E-state index contributed by atoms with van der Waals surface area (Å²) in [6, 6.07) is 0. The lowest BCUT2D eigenvalue weighted by Crippen LogP contribution is -2.40. The van der Waals surface area contributed by atoms with Gasteiger partial charge in [-0.05, 0) is 75.3 Å². The lowest BCUT2D eigenvalue weighted by Gasteiger charge is -2.40. The fraction of sp³-hybridized carbons (Fsp3) is 0.950. The molecule has 0 atom stereocenters. The maximum absolute atomic E-state index is 12.2. The van der Waals surface area contributed by atoms with Crippen molar-refractivity contribution in [3.05, 3.63) is 0 Å². The number of rotatable bonds is 3. The fourth-order valence-corrected chi connectivity index (χ4v) is 4.98. The molecule has 3 rings (SSSR count). The molecule has 3 nitrogen and oxygen atoms in total. The SMILES string of the molecule is CC1CCN(CC2CCC3(CC2)CCN(C(=O)C(C)C)C3)CC1. The van der Waals surface area contributed by atoms with Crippen molar-refractivity contribution >= 4 is 5.91 Å². The Morgan fingerprint density at radius 3 is 2.30 bits per heavy atom. The van der Waals surface area contributed by atoms with E-state index in [4.69, 9.17) is 0 Å². The van der Waals surface area contributed by atoms with E-state index >= 15 is 0 Å². The molecule has 1 saturated carbocycles. The third kappa shape index (κ3) is 4.10. The quantitative estimate of drug-likeness (QED) is 0.790. The van der Waals surface area contributed by atoms with Gasteiger partial charge >= 0.3 is 0 Å². The Morgan fingerprint density at radius 1 is 1.04 bits per heavy atom. The van der Waals surface area contributed by atoms with Crippen molar-refractivity contribution in [2.45, 2.75) is 65.7 Å². The van der Waals surface area contributed by atoms with Gasteiger partial charge in [-0.3, -0.25) is 4.79 Å². The minimum absolute atomic E-state index is 0.156. The maximum Gasteiger partial charge on any atom is 0.225 e. The lowest BCUT2D eigenvalue weighted by atomic mass is 9.70. The summed E-state index contributed by atoms with van der Waals surface area (Å²) in [5.74, 6) is 2.36. The average molecular weight is 321 g/mol. The van der Waals surface area contributed by atoms with Gasteiger partial charge in [0.1, 0.15) is 0 Å². The van der Waals surface area contributed by atoms with Crippen LogP contribution in [0.25, 0.3) is 0 Å². The molecule has 3 fully saturated rings. The van der Waals surface area contributed by atoms with Crippen molar-refractivity contribution in [1.29, 1.82) is 0 Å². The molecule has 0 N–H and O–H groups in total. The molecule has 132 valence electrons. The largest absolute Gasteiger partial charge is 0.342 e. The molecule has 3 aliphatic rings. The Hall–Kier alpha value is -0.570. The molecule has 0 radical (unpaired) electrons. The maximum atomic E-state index is 12.2. The highest BCUT2D eigenvalue weighted by Crippen LogP contribution is 2.46. The van der Waals surface area contributed by atoms with Crippen LogP contribution in [0.5, 0.6) is 0 Å². The van der Waals surface area contributed by atoms with Gasteiger partial charge in [0.2, 0.25) is 5.91 Å². The van der Waals surface area contributed by atoms with Crippen molar-refractivity contribution in [2.24, 2.45) is 23.2 Å². The lowest BCUT2D eigenvalue weighted by molar-refractivity contribution is -0.133.